The molecule has 0 spiro atoms. The summed E-state index contributed by atoms with van der Waals surface area (Å²) in [6.45, 7) is 0. The molecule has 2 aromatic carbocycles. The van der Waals surface area contributed by atoms with Crippen LogP contribution >= 0.6 is 11.6 Å². The van der Waals surface area contributed by atoms with E-state index in [0.717, 1.165) is 11.1 Å². The maximum atomic E-state index is 10.6. The molecule has 94 valence electrons. The van der Waals surface area contributed by atoms with E-state index in [4.69, 9.17) is 11.6 Å². The highest BCUT2D eigenvalue weighted by Gasteiger charge is 2.14. The highest BCUT2D eigenvalue weighted by atomic mass is 35.5. The Morgan fingerprint density at radius 2 is 1.53 bits per heavy atom. The molecule has 0 fully saturated rings. The van der Waals surface area contributed by atoms with E-state index in [-0.39, 0.29) is 5.69 Å². The Morgan fingerprint density at radius 3 is 1.95 bits per heavy atom. The van der Waals surface area contributed by atoms with E-state index in [9.17, 15) is 15.4 Å². The third kappa shape index (κ3) is 2.90. The Labute approximate surface area is 115 Å². The largest absolute Gasteiger partial charge is 0.269 e. The molecule has 19 heavy (non-hydrogen) atoms. The smallest absolute Gasteiger partial charge is 0.258 e. The molecule has 4 nitrogen and oxygen atoms in total. The van der Waals surface area contributed by atoms with Crippen LogP contribution < -0.4 is 0 Å². The van der Waals surface area contributed by atoms with Crippen molar-refractivity contribution in [3.05, 3.63) is 74.8 Å². The van der Waals surface area contributed by atoms with Crippen LogP contribution in [0.3, 0.4) is 0 Å². The molecule has 0 heterocycles. The average molecular weight is 273 g/mol. The van der Waals surface area contributed by atoms with Crippen LogP contribution in [-0.4, -0.2) is 4.92 Å². The number of benzene rings is 2. The van der Waals surface area contributed by atoms with Crippen molar-refractivity contribution in [2.75, 3.05) is 0 Å². The van der Waals surface area contributed by atoms with Gasteiger partial charge in [0.15, 0.2) is 0 Å². The number of nitro groups is 1. The number of nitriles is 1. The van der Waals surface area contributed by atoms with Gasteiger partial charge in [-0.05, 0) is 23.3 Å². The SMILES string of the molecule is N#C[C@H](c1ccc(Cl)cc1)c1ccc([N+](=O)[O-])cc1. The van der Waals surface area contributed by atoms with E-state index in [1.807, 2.05) is 0 Å². The number of hydrogen-bond donors (Lipinski definition) is 0. The van der Waals surface area contributed by atoms with Gasteiger partial charge < -0.3 is 0 Å². The maximum absolute atomic E-state index is 10.6. The van der Waals surface area contributed by atoms with E-state index < -0.39 is 10.8 Å². The Balaban J connectivity index is 2.35. The van der Waals surface area contributed by atoms with Gasteiger partial charge in [0.05, 0.1) is 16.9 Å². The summed E-state index contributed by atoms with van der Waals surface area (Å²) in [6, 6.07) is 15.2. The average Bonchev–Trinajstić information content (AvgIpc) is 2.42. The molecule has 0 N–H and O–H groups in total. The Morgan fingerprint density at radius 1 is 1.05 bits per heavy atom. The lowest BCUT2D eigenvalue weighted by Crippen LogP contribution is -1.98. The Bertz CT molecular complexity index is 630. The fourth-order valence-corrected chi connectivity index (χ4v) is 1.91. The van der Waals surface area contributed by atoms with E-state index in [0.29, 0.717) is 5.02 Å². The van der Waals surface area contributed by atoms with Crippen LogP contribution in [0, 0.1) is 21.4 Å². The van der Waals surface area contributed by atoms with Gasteiger partial charge in [-0.25, -0.2) is 0 Å². The van der Waals surface area contributed by atoms with E-state index in [1.165, 1.54) is 12.1 Å². The third-order valence-corrected chi connectivity index (χ3v) is 3.02. The first kappa shape index (κ1) is 13.1. The minimum atomic E-state index is -0.465. The van der Waals surface area contributed by atoms with Gasteiger partial charge in [0.1, 0.15) is 0 Å². The molecule has 0 aliphatic heterocycles. The summed E-state index contributed by atoms with van der Waals surface area (Å²) in [7, 11) is 0. The zero-order valence-corrected chi connectivity index (χ0v) is 10.5. The molecule has 0 bridgehead atoms. The molecule has 2 rings (SSSR count). The number of nitrogens with zero attached hydrogens (tertiary/aromatic N) is 2. The van der Waals surface area contributed by atoms with Crippen LogP contribution in [-0.2, 0) is 0 Å². The quantitative estimate of drug-likeness (QED) is 0.628. The molecule has 1 atom stereocenters. The molecular weight excluding hydrogens is 264 g/mol. The van der Waals surface area contributed by atoms with E-state index in [2.05, 4.69) is 6.07 Å². The first-order valence-electron chi connectivity index (χ1n) is 5.51. The van der Waals surface area contributed by atoms with Crippen LogP contribution in [0.25, 0.3) is 0 Å². The molecule has 0 radical (unpaired) electrons. The van der Waals surface area contributed by atoms with Crippen molar-refractivity contribution in [2.45, 2.75) is 5.92 Å². The monoisotopic (exact) mass is 272 g/mol. The third-order valence-electron chi connectivity index (χ3n) is 2.77. The Hall–Kier alpha value is -2.38. The van der Waals surface area contributed by atoms with Crippen molar-refractivity contribution in [3.8, 4) is 6.07 Å². The van der Waals surface area contributed by atoms with Gasteiger partial charge in [-0.15, -0.1) is 0 Å². The summed E-state index contributed by atoms with van der Waals surface area (Å²) in [5.74, 6) is -0.460. The molecule has 0 aliphatic rings. The zero-order valence-electron chi connectivity index (χ0n) is 9.79. The lowest BCUT2D eigenvalue weighted by atomic mass is 9.92. The van der Waals surface area contributed by atoms with Gasteiger partial charge in [0, 0.05) is 17.2 Å². The van der Waals surface area contributed by atoms with Gasteiger partial charge >= 0.3 is 0 Å². The number of nitro benzene ring substituents is 1. The molecule has 0 unspecified atom stereocenters. The van der Waals surface area contributed by atoms with Crippen molar-refractivity contribution >= 4 is 17.3 Å². The van der Waals surface area contributed by atoms with Crippen molar-refractivity contribution < 1.29 is 4.92 Å². The summed E-state index contributed by atoms with van der Waals surface area (Å²) in [5, 5.41) is 20.4. The fourth-order valence-electron chi connectivity index (χ4n) is 1.79. The normalized spacial score (nSPS) is 11.6. The number of non-ortho nitro benzene ring substituents is 1. The van der Waals surface area contributed by atoms with Crippen LogP contribution in [0.15, 0.2) is 48.5 Å². The topological polar surface area (TPSA) is 66.9 Å². The molecule has 0 aromatic heterocycles. The van der Waals surface area contributed by atoms with Crippen LogP contribution in [0.5, 0.6) is 0 Å². The predicted octanol–water partition coefficient (Wildman–Crippen LogP) is 3.90. The van der Waals surface area contributed by atoms with Crippen LogP contribution in [0.4, 0.5) is 5.69 Å². The standard InChI is InChI=1S/C14H9ClN2O2/c15-12-5-1-10(2-6-12)14(9-16)11-3-7-13(8-4-11)17(18)19/h1-8,14H/t14-/m1/s1. The maximum Gasteiger partial charge on any atom is 0.269 e. The summed E-state index contributed by atoms with van der Waals surface area (Å²) in [6.07, 6.45) is 0. The van der Waals surface area contributed by atoms with Crippen molar-refractivity contribution in [2.24, 2.45) is 0 Å². The Kier molecular flexibility index (Phi) is 3.79. The molecule has 0 saturated carbocycles. The van der Waals surface area contributed by atoms with Gasteiger partial charge in [0.2, 0.25) is 0 Å². The first-order chi connectivity index (χ1) is 9.11. The van der Waals surface area contributed by atoms with Crippen molar-refractivity contribution in [1.29, 1.82) is 5.26 Å². The number of rotatable bonds is 3. The number of hydrogen-bond acceptors (Lipinski definition) is 3. The minimum Gasteiger partial charge on any atom is -0.258 e. The summed E-state index contributed by atoms with van der Waals surface area (Å²) < 4.78 is 0. The van der Waals surface area contributed by atoms with Gasteiger partial charge in [-0.3, -0.25) is 10.1 Å². The molecule has 5 heteroatoms. The zero-order chi connectivity index (χ0) is 13.8. The van der Waals surface area contributed by atoms with Gasteiger partial charge in [0.25, 0.3) is 5.69 Å². The second kappa shape index (κ2) is 5.51. The van der Waals surface area contributed by atoms with Crippen molar-refractivity contribution in [1.82, 2.24) is 0 Å². The van der Waals surface area contributed by atoms with Crippen LogP contribution in [0.2, 0.25) is 5.02 Å². The molecule has 0 aliphatic carbocycles. The van der Waals surface area contributed by atoms with Gasteiger partial charge in [-0.2, -0.15) is 5.26 Å². The minimum absolute atomic E-state index is 0.0107. The second-order valence-corrected chi connectivity index (χ2v) is 4.40. The summed E-state index contributed by atoms with van der Waals surface area (Å²) in [4.78, 5) is 10.1. The lowest BCUT2D eigenvalue weighted by molar-refractivity contribution is -0.384. The second-order valence-electron chi connectivity index (χ2n) is 3.96. The molecule has 2 aromatic rings. The molecule has 0 amide bonds. The summed E-state index contributed by atoms with van der Waals surface area (Å²) in [5.41, 5.74) is 1.53. The predicted molar refractivity (Wildman–Crippen MR) is 72.0 cm³/mol. The molecule has 0 saturated heterocycles. The van der Waals surface area contributed by atoms with Gasteiger partial charge in [-0.1, -0.05) is 35.9 Å². The van der Waals surface area contributed by atoms with Crippen molar-refractivity contribution in [3.63, 3.8) is 0 Å². The van der Waals surface area contributed by atoms with E-state index in [1.54, 1.807) is 36.4 Å². The first-order valence-corrected chi connectivity index (χ1v) is 5.89. The highest BCUT2D eigenvalue weighted by molar-refractivity contribution is 6.30. The number of halogens is 1. The lowest BCUT2D eigenvalue weighted by Gasteiger charge is -2.09. The highest BCUT2D eigenvalue weighted by Crippen LogP contribution is 2.26. The fraction of sp³-hybridized carbons (Fsp3) is 0.0714. The molecular formula is C14H9ClN2O2. The van der Waals surface area contributed by atoms with E-state index >= 15 is 0 Å². The summed E-state index contributed by atoms with van der Waals surface area (Å²) >= 11 is 5.80. The van der Waals surface area contributed by atoms with Crippen LogP contribution in [0.1, 0.15) is 17.0 Å².